The molecule has 2 aliphatic rings. The monoisotopic (exact) mass is 496 g/mol. The number of hydrogen-bond acceptors (Lipinski definition) is 3. The Labute approximate surface area is 220 Å². The van der Waals surface area contributed by atoms with Gasteiger partial charge < -0.3 is 10.1 Å². The summed E-state index contributed by atoms with van der Waals surface area (Å²) in [5.41, 5.74) is 2.70. The Hall–Kier alpha value is -3.36. The maximum absolute atomic E-state index is 13.8. The van der Waals surface area contributed by atoms with Gasteiger partial charge in [-0.05, 0) is 43.0 Å². The first kappa shape index (κ1) is 25.3. The van der Waals surface area contributed by atoms with Gasteiger partial charge in [0.05, 0.1) is 17.6 Å². The number of esters is 1. The molecule has 3 atom stereocenters. The molecule has 2 aromatic carbocycles. The van der Waals surface area contributed by atoms with Crippen LogP contribution < -0.4 is 5.32 Å². The number of carbonyl (C=O) groups is 1. The smallest absolute Gasteiger partial charge is 0.316 e. The highest BCUT2D eigenvalue weighted by atomic mass is 16.5. The molecule has 2 N–H and O–H groups in total. The Morgan fingerprint density at radius 2 is 1.73 bits per heavy atom. The average Bonchev–Trinajstić information content (AvgIpc) is 3.26. The summed E-state index contributed by atoms with van der Waals surface area (Å²) < 4.78 is 8.20. The molecule has 3 aromatic rings. The van der Waals surface area contributed by atoms with Crippen molar-refractivity contribution in [3.8, 4) is 18.0 Å². The second-order valence-electron chi connectivity index (χ2n) is 10.6. The minimum Gasteiger partial charge on any atom is -0.461 e. The second-order valence-corrected chi connectivity index (χ2v) is 10.6. The molecule has 0 spiro atoms. The molecule has 3 unspecified atom stereocenters. The van der Waals surface area contributed by atoms with Gasteiger partial charge >= 0.3 is 5.97 Å². The van der Waals surface area contributed by atoms with Crippen LogP contribution >= 0.6 is 0 Å². The molecule has 5 heteroatoms. The van der Waals surface area contributed by atoms with Gasteiger partial charge in [0, 0.05) is 24.5 Å². The summed E-state index contributed by atoms with van der Waals surface area (Å²) in [5, 5.41) is 6.97. The minimum atomic E-state index is -0.521. The van der Waals surface area contributed by atoms with Crippen molar-refractivity contribution < 1.29 is 14.8 Å². The molecule has 0 amide bonds. The molecule has 37 heavy (non-hydrogen) atoms. The number of terminal acetylenes is 1. The lowest BCUT2D eigenvalue weighted by Gasteiger charge is -2.43. The highest BCUT2D eigenvalue weighted by Gasteiger charge is 2.47. The van der Waals surface area contributed by atoms with Crippen LogP contribution in [0.2, 0.25) is 0 Å². The van der Waals surface area contributed by atoms with Crippen LogP contribution in [-0.4, -0.2) is 28.4 Å². The lowest BCUT2D eigenvalue weighted by molar-refractivity contribution is -0.672. The predicted molar refractivity (Wildman–Crippen MR) is 145 cm³/mol. The van der Waals surface area contributed by atoms with Crippen molar-refractivity contribution in [3.63, 3.8) is 0 Å². The molecule has 1 aromatic heterocycles. The summed E-state index contributed by atoms with van der Waals surface area (Å²) in [5.74, 6) is 3.32. The second kappa shape index (κ2) is 11.8. The van der Waals surface area contributed by atoms with E-state index in [2.05, 4.69) is 41.6 Å². The zero-order valence-corrected chi connectivity index (χ0v) is 21.6. The number of rotatable bonds is 9. The molecular weight excluding hydrogens is 458 g/mol. The van der Waals surface area contributed by atoms with Crippen LogP contribution in [0.3, 0.4) is 0 Å². The zero-order valence-electron chi connectivity index (χ0n) is 21.6. The van der Waals surface area contributed by atoms with Crippen LogP contribution in [0.4, 0.5) is 0 Å². The van der Waals surface area contributed by atoms with Crippen LogP contribution in [0.1, 0.15) is 62.6 Å². The largest absolute Gasteiger partial charge is 0.461 e. The predicted octanol–water partition coefficient (Wildman–Crippen LogP) is 4.80. The van der Waals surface area contributed by atoms with Crippen molar-refractivity contribution in [2.24, 2.45) is 11.8 Å². The number of hydrogen-bond donors (Lipinski definition) is 1. The third-order valence-electron chi connectivity index (χ3n) is 8.35. The molecule has 0 radical (unpaired) electrons. The zero-order chi connectivity index (χ0) is 25.5. The van der Waals surface area contributed by atoms with Crippen molar-refractivity contribution in [1.82, 2.24) is 9.78 Å². The van der Waals surface area contributed by atoms with Crippen molar-refractivity contribution >= 4 is 5.97 Å². The van der Waals surface area contributed by atoms with Gasteiger partial charge in [-0.25, -0.2) is 4.68 Å². The van der Waals surface area contributed by atoms with Crippen molar-refractivity contribution in [2.45, 2.75) is 69.4 Å². The molecule has 2 fully saturated rings. The van der Waals surface area contributed by atoms with Crippen LogP contribution in [0.5, 0.6) is 0 Å². The number of carbonyl (C=O) groups excluding carboxylic acids is 1. The van der Waals surface area contributed by atoms with Crippen LogP contribution in [0, 0.1) is 24.2 Å². The van der Waals surface area contributed by atoms with E-state index in [9.17, 15) is 4.79 Å². The Bertz CT molecular complexity index is 1190. The number of aromatic nitrogens is 2. The average molecular weight is 497 g/mol. The van der Waals surface area contributed by atoms with Gasteiger partial charge in [0.25, 0.3) is 0 Å². The van der Waals surface area contributed by atoms with Gasteiger partial charge in [-0.2, -0.15) is 5.10 Å². The highest BCUT2D eigenvalue weighted by molar-refractivity contribution is 5.83. The quantitative estimate of drug-likeness (QED) is 0.200. The number of para-hydroxylation sites is 1. The van der Waals surface area contributed by atoms with Gasteiger partial charge in [-0.3, -0.25) is 4.79 Å². The van der Waals surface area contributed by atoms with Crippen LogP contribution in [-0.2, 0) is 21.5 Å². The van der Waals surface area contributed by atoms with Crippen molar-refractivity contribution in [3.05, 3.63) is 84.2 Å². The molecule has 0 aliphatic heterocycles. The van der Waals surface area contributed by atoms with E-state index >= 15 is 0 Å². The van der Waals surface area contributed by atoms with E-state index < -0.39 is 5.41 Å². The Kier molecular flexibility index (Phi) is 8.06. The number of nitrogens with two attached hydrogens (primary N) is 1. The van der Waals surface area contributed by atoms with Crippen molar-refractivity contribution in [1.29, 1.82) is 0 Å². The summed E-state index contributed by atoms with van der Waals surface area (Å²) in [7, 11) is 0. The van der Waals surface area contributed by atoms with Gasteiger partial charge in [-0.15, -0.1) is 12.3 Å². The Morgan fingerprint density at radius 3 is 2.43 bits per heavy atom. The third kappa shape index (κ3) is 5.65. The molecular formula is C32H38N3O2+. The van der Waals surface area contributed by atoms with Crippen LogP contribution in [0.25, 0.3) is 5.69 Å². The van der Waals surface area contributed by atoms with E-state index in [4.69, 9.17) is 16.3 Å². The molecule has 2 saturated carbocycles. The fraction of sp³-hybridized carbons (Fsp3) is 0.438. The molecule has 2 aliphatic carbocycles. The van der Waals surface area contributed by atoms with Crippen LogP contribution in [0.15, 0.2) is 72.9 Å². The molecule has 5 nitrogen and oxygen atoms in total. The first-order valence-electron chi connectivity index (χ1n) is 13.8. The number of benzene rings is 2. The van der Waals surface area contributed by atoms with E-state index in [-0.39, 0.29) is 23.9 Å². The SMILES string of the molecule is C#CC1CC(OC(=O)C2(c3ccccc3)CCCCCC2)C1CC[NH2+]Cc1ccn(-c2ccccc2)n1. The molecule has 192 valence electrons. The maximum atomic E-state index is 13.8. The number of nitrogens with zero attached hydrogens (tertiary/aromatic N) is 2. The normalized spacial score (nSPS) is 22.8. The summed E-state index contributed by atoms with van der Waals surface area (Å²) >= 11 is 0. The molecule has 0 saturated heterocycles. The van der Waals surface area contributed by atoms with E-state index in [0.717, 1.165) is 68.6 Å². The van der Waals surface area contributed by atoms with E-state index in [1.807, 2.05) is 47.3 Å². The fourth-order valence-corrected chi connectivity index (χ4v) is 6.08. The highest BCUT2D eigenvalue weighted by Crippen LogP contribution is 2.43. The Morgan fingerprint density at radius 1 is 1.03 bits per heavy atom. The molecule has 1 heterocycles. The minimum absolute atomic E-state index is 0.0403. The fourth-order valence-electron chi connectivity index (χ4n) is 6.08. The van der Waals surface area contributed by atoms with E-state index in [1.165, 1.54) is 12.8 Å². The first-order chi connectivity index (χ1) is 18.2. The van der Waals surface area contributed by atoms with E-state index in [0.29, 0.717) is 0 Å². The topological polar surface area (TPSA) is 60.7 Å². The summed E-state index contributed by atoms with van der Waals surface area (Å²) in [6.45, 7) is 1.74. The molecule has 0 bridgehead atoms. The van der Waals surface area contributed by atoms with Gasteiger partial charge in [0.15, 0.2) is 0 Å². The lowest BCUT2D eigenvalue weighted by atomic mass is 9.69. The maximum Gasteiger partial charge on any atom is 0.316 e. The van der Waals surface area contributed by atoms with Gasteiger partial charge in [0.1, 0.15) is 18.3 Å². The summed E-state index contributed by atoms with van der Waals surface area (Å²) in [4.78, 5) is 13.8. The van der Waals surface area contributed by atoms with Gasteiger partial charge in [0.2, 0.25) is 0 Å². The summed E-state index contributed by atoms with van der Waals surface area (Å²) in [6, 6.07) is 22.5. The van der Waals surface area contributed by atoms with E-state index in [1.54, 1.807) is 0 Å². The third-order valence-corrected chi connectivity index (χ3v) is 8.35. The lowest BCUT2D eigenvalue weighted by Crippen LogP contribution is -2.83. The van der Waals surface area contributed by atoms with Gasteiger partial charge in [-0.1, -0.05) is 74.2 Å². The molecule has 5 rings (SSSR count). The first-order valence-corrected chi connectivity index (χ1v) is 13.8. The Balaban J connectivity index is 1.17. The summed E-state index contributed by atoms with van der Waals surface area (Å²) in [6.07, 6.45) is 15.7. The number of ether oxygens (including phenoxy) is 1. The van der Waals surface area contributed by atoms with Crippen molar-refractivity contribution in [2.75, 3.05) is 6.54 Å². The standard InChI is InChI=1S/C32H37N3O2/c1-2-25-23-30(37-31(36)32(19-11-3-4-12-20-32)26-13-7-5-8-14-26)29(25)17-21-33-24-27-18-22-35(34-27)28-15-9-6-10-16-28/h1,5-10,13-16,18,22,25,29-30,33H,3-4,11-12,17,19-21,23-24H2/p+1. The number of quaternary nitrogens is 1.